The fraction of sp³-hybridized carbons (Fsp3) is 0.500. The SMILES string of the molecule is CCc1nc(C)cc(N[C@@H]2C[C@H]3CO[C@@H](c4ccc(Cl)cc4)CN3C2)n1. The lowest BCUT2D eigenvalue weighted by atomic mass is 10.1. The minimum atomic E-state index is 0.121. The van der Waals surface area contributed by atoms with Crippen molar-refractivity contribution in [2.24, 2.45) is 0 Å². The molecule has 1 aromatic carbocycles. The molecule has 0 unspecified atom stereocenters. The van der Waals surface area contributed by atoms with E-state index in [-0.39, 0.29) is 6.10 Å². The van der Waals surface area contributed by atoms with Gasteiger partial charge in [-0.1, -0.05) is 30.7 Å². The number of aromatic nitrogens is 2. The smallest absolute Gasteiger partial charge is 0.130 e. The highest BCUT2D eigenvalue weighted by Gasteiger charge is 2.37. The van der Waals surface area contributed by atoms with Gasteiger partial charge < -0.3 is 10.1 Å². The maximum atomic E-state index is 6.13. The van der Waals surface area contributed by atoms with Crippen LogP contribution in [0.1, 0.15) is 36.5 Å². The Labute approximate surface area is 159 Å². The summed E-state index contributed by atoms with van der Waals surface area (Å²) in [5, 5.41) is 4.37. The molecule has 3 atom stereocenters. The Kier molecular flexibility index (Phi) is 5.11. The van der Waals surface area contributed by atoms with Crippen LogP contribution in [0.4, 0.5) is 5.82 Å². The number of fused-ring (bicyclic) bond motifs is 1. The van der Waals surface area contributed by atoms with Crippen LogP contribution in [0.3, 0.4) is 0 Å². The quantitative estimate of drug-likeness (QED) is 0.888. The minimum Gasteiger partial charge on any atom is -0.371 e. The molecule has 0 aliphatic carbocycles. The zero-order valence-electron chi connectivity index (χ0n) is 15.3. The van der Waals surface area contributed by atoms with Gasteiger partial charge in [-0.05, 0) is 31.0 Å². The first kappa shape index (κ1) is 17.7. The number of nitrogens with one attached hydrogen (secondary N) is 1. The second-order valence-corrected chi connectivity index (χ2v) is 7.66. The zero-order valence-corrected chi connectivity index (χ0v) is 16.0. The van der Waals surface area contributed by atoms with Gasteiger partial charge in [-0.25, -0.2) is 9.97 Å². The average molecular weight is 373 g/mol. The van der Waals surface area contributed by atoms with E-state index in [0.717, 1.165) is 54.9 Å². The fourth-order valence-corrected chi connectivity index (χ4v) is 4.05. The van der Waals surface area contributed by atoms with Gasteiger partial charge in [0.25, 0.3) is 0 Å². The average Bonchev–Trinajstić information content (AvgIpc) is 3.03. The number of halogens is 1. The number of rotatable bonds is 4. The third-order valence-electron chi connectivity index (χ3n) is 5.23. The van der Waals surface area contributed by atoms with E-state index in [4.69, 9.17) is 16.3 Å². The van der Waals surface area contributed by atoms with E-state index in [1.54, 1.807) is 0 Å². The van der Waals surface area contributed by atoms with Crippen LogP contribution in [-0.2, 0) is 11.2 Å². The van der Waals surface area contributed by atoms with Gasteiger partial charge in [-0.2, -0.15) is 0 Å². The molecule has 138 valence electrons. The first-order valence-electron chi connectivity index (χ1n) is 9.33. The lowest BCUT2D eigenvalue weighted by Gasteiger charge is -2.35. The molecule has 0 bridgehead atoms. The summed E-state index contributed by atoms with van der Waals surface area (Å²) in [4.78, 5) is 11.6. The van der Waals surface area contributed by atoms with Crippen molar-refractivity contribution < 1.29 is 4.74 Å². The summed E-state index contributed by atoms with van der Waals surface area (Å²) in [6, 6.07) is 10.9. The second kappa shape index (κ2) is 7.51. The zero-order chi connectivity index (χ0) is 18.1. The van der Waals surface area contributed by atoms with Crippen LogP contribution in [0.15, 0.2) is 30.3 Å². The highest BCUT2D eigenvalue weighted by Crippen LogP contribution is 2.31. The Morgan fingerprint density at radius 3 is 2.81 bits per heavy atom. The molecule has 5 nitrogen and oxygen atoms in total. The molecule has 6 heteroatoms. The molecule has 0 saturated carbocycles. The van der Waals surface area contributed by atoms with E-state index in [1.807, 2.05) is 25.1 Å². The molecule has 0 amide bonds. The molecule has 4 rings (SSSR count). The molecule has 2 saturated heterocycles. The molecule has 2 aliphatic heterocycles. The number of anilines is 1. The van der Waals surface area contributed by atoms with Gasteiger partial charge in [0.1, 0.15) is 11.6 Å². The Balaban J connectivity index is 1.40. The molecular formula is C20H25ClN4O. The van der Waals surface area contributed by atoms with E-state index < -0.39 is 0 Å². The third-order valence-corrected chi connectivity index (χ3v) is 5.48. The molecule has 2 fully saturated rings. The number of nitrogens with zero attached hydrogens (tertiary/aromatic N) is 3. The van der Waals surface area contributed by atoms with E-state index >= 15 is 0 Å². The number of hydrogen-bond donors (Lipinski definition) is 1. The van der Waals surface area contributed by atoms with E-state index in [0.29, 0.717) is 12.1 Å². The van der Waals surface area contributed by atoms with Crippen LogP contribution in [0.2, 0.25) is 5.02 Å². The highest BCUT2D eigenvalue weighted by atomic mass is 35.5. The van der Waals surface area contributed by atoms with Crippen LogP contribution < -0.4 is 5.32 Å². The Morgan fingerprint density at radius 1 is 1.23 bits per heavy atom. The number of morpholine rings is 1. The molecule has 2 aromatic rings. The van der Waals surface area contributed by atoms with Gasteiger partial charge in [-0.15, -0.1) is 0 Å². The van der Waals surface area contributed by atoms with Gasteiger partial charge >= 0.3 is 0 Å². The summed E-state index contributed by atoms with van der Waals surface area (Å²) in [7, 11) is 0. The van der Waals surface area contributed by atoms with Crippen LogP contribution in [0.25, 0.3) is 0 Å². The van der Waals surface area contributed by atoms with Crippen molar-refractivity contribution in [3.8, 4) is 0 Å². The van der Waals surface area contributed by atoms with Crippen molar-refractivity contribution in [3.05, 3.63) is 52.4 Å². The van der Waals surface area contributed by atoms with E-state index in [9.17, 15) is 0 Å². The Morgan fingerprint density at radius 2 is 2.04 bits per heavy atom. The lowest BCUT2D eigenvalue weighted by Crippen LogP contribution is -2.42. The molecular weight excluding hydrogens is 348 g/mol. The standard InChI is InChI=1S/C20H25ClN4O/c1-3-19-22-13(2)8-20(24-19)23-16-9-17-12-26-18(11-25(17)10-16)14-4-6-15(21)7-5-14/h4-8,16-18H,3,9-12H2,1-2H3,(H,22,23,24)/t16-,17+,18-/m1/s1. The minimum absolute atomic E-state index is 0.121. The van der Waals surface area contributed by atoms with Crippen LogP contribution in [-0.4, -0.2) is 46.6 Å². The molecule has 26 heavy (non-hydrogen) atoms. The highest BCUT2D eigenvalue weighted by molar-refractivity contribution is 6.30. The first-order valence-corrected chi connectivity index (χ1v) is 9.70. The number of aryl methyl sites for hydroxylation is 2. The van der Waals surface area contributed by atoms with Crippen LogP contribution in [0.5, 0.6) is 0 Å². The second-order valence-electron chi connectivity index (χ2n) is 7.22. The summed E-state index contributed by atoms with van der Waals surface area (Å²) in [5.41, 5.74) is 2.21. The van der Waals surface area contributed by atoms with Crippen molar-refractivity contribution in [1.82, 2.24) is 14.9 Å². The topological polar surface area (TPSA) is 50.3 Å². The molecule has 1 aromatic heterocycles. The first-order chi connectivity index (χ1) is 12.6. The van der Waals surface area contributed by atoms with Crippen molar-refractivity contribution in [1.29, 1.82) is 0 Å². The molecule has 3 heterocycles. The Hall–Kier alpha value is -1.69. The predicted octanol–water partition coefficient (Wildman–Crippen LogP) is 3.63. The monoisotopic (exact) mass is 372 g/mol. The largest absolute Gasteiger partial charge is 0.371 e. The number of ether oxygens (including phenoxy) is 1. The summed E-state index contributed by atoms with van der Waals surface area (Å²) in [6.07, 6.45) is 2.06. The van der Waals surface area contributed by atoms with Crippen molar-refractivity contribution in [3.63, 3.8) is 0 Å². The van der Waals surface area contributed by atoms with Gasteiger partial charge in [0.15, 0.2) is 0 Å². The summed E-state index contributed by atoms with van der Waals surface area (Å²) < 4.78 is 6.13. The van der Waals surface area contributed by atoms with Gasteiger partial charge in [0.2, 0.25) is 0 Å². The van der Waals surface area contributed by atoms with Crippen molar-refractivity contribution in [2.45, 2.75) is 44.9 Å². The summed E-state index contributed by atoms with van der Waals surface area (Å²) >= 11 is 6.00. The molecule has 0 radical (unpaired) electrons. The molecule has 0 spiro atoms. The van der Waals surface area contributed by atoms with Gasteiger partial charge in [0.05, 0.1) is 12.7 Å². The summed E-state index contributed by atoms with van der Waals surface area (Å²) in [6.45, 7) is 6.82. The predicted molar refractivity (Wildman–Crippen MR) is 104 cm³/mol. The molecule has 2 aliphatic rings. The normalized spacial score (nSPS) is 25.9. The summed E-state index contributed by atoms with van der Waals surface area (Å²) in [5.74, 6) is 1.84. The maximum Gasteiger partial charge on any atom is 0.130 e. The maximum absolute atomic E-state index is 6.13. The van der Waals surface area contributed by atoms with E-state index in [1.165, 1.54) is 5.56 Å². The van der Waals surface area contributed by atoms with Crippen LogP contribution in [0, 0.1) is 6.92 Å². The Bertz CT molecular complexity index is 767. The lowest BCUT2D eigenvalue weighted by molar-refractivity contribution is -0.0501. The third kappa shape index (κ3) is 3.85. The van der Waals surface area contributed by atoms with Crippen LogP contribution >= 0.6 is 11.6 Å². The van der Waals surface area contributed by atoms with Crippen molar-refractivity contribution in [2.75, 3.05) is 25.0 Å². The van der Waals surface area contributed by atoms with E-state index in [2.05, 4.69) is 39.2 Å². The van der Waals surface area contributed by atoms with Gasteiger partial charge in [0, 0.05) is 48.4 Å². The molecule has 1 N–H and O–H groups in total. The fourth-order valence-electron chi connectivity index (χ4n) is 3.93. The number of hydrogen-bond acceptors (Lipinski definition) is 5. The van der Waals surface area contributed by atoms with Crippen molar-refractivity contribution >= 4 is 17.4 Å². The van der Waals surface area contributed by atoms with Gasteiger partial charge in [-0.3, -0.25) is 4.90 Å². The number of benzene rings is 1.